The van der Waals surface area contributed by atoms with E-state index >= 15 is 0 Å². The van der Waals surface area contributed by atoms with Gasteiger partial charge in [-0.15, -0.1) is 0 Å². The normalized spacial score (nSPS) is 10.3. The van der Waals surface area contributed by atoms with Crippen molar-refractivity contribution in [3.63, 3.8) is 0 Å². The van der Waals surface area contributed by atoms with E-state index < -0.39 is 11.6 Å². The minimum Gasteiger partial charge on any atom is -0.288 e. The average Bonchev–Trinajstić information content (AvgIpc) is 2.29. The molecule has 4 heteroatoms. The minimum absolute atomic E-state index is 0.0786. The minimum atomic E-state index is -0.651. The number of rotatable bonds is 2. The number of carbonyl (C=O) groups is 1. The van der Waals surface area contributed by atoms with E-state index in [1.165, 1.54) is 24.3 Å². The van der Waals surface area contributed by atoms with E-state index in [2.05, 4.69) is 0 Å². The molecule has 0 radical (unpaired) electrons. The zero-order chi connectivity index (χ0) is 12.4. The molecule has 0 N–H and O–H groups in total. The zero-order valence-corrected chi connectivity index (χ0v) is 10.1. The Morgan fingerprint density at radius 2 is 1.59 bits per heavy atom. The molecular weight excluding hydrogens is 262 g/mol. The molecule has 0 unspecified atom stereocenters. The van der Waals surface area contributed by atoms with Gasteiger partial charge < -0.3 is 0 Å². The van der Waals surface area contributed by atoms with Gasteiger partial charge in [0, 0.05) is 5.56 Å². The molecule has 0 aliphatic carbocycles. The largest absolute Gasteiger partial charge is 0.288 e. The van der Waals surface area contributed by atoms with Gasteiger partial charge in [0.2, 0.25) is 0 Å². The molecule has 0 bridgehead atoms. The van der Waals surface area contributed by atoms with Crippen molar-refractivity contribution < 1.29 is 9.18 Å². The van der Waals surface area contributed by atoms with E-state index in [0.29, 0.717) is 0 Å². The topological polar surface area (TPSA) is 17.1 Å². The molecule has 0 spiro atoms. The maximum absolute atomic E-state index is 13.6. The second-order valence-electron chi connectivity index (χ2n) is 3.41. The van der Waals surface area contributed by atoms with Gasteiger partial charge in [-0.05, 0) is 24.3 Å². The molecule has 2 rings (SSSR count). The van der Waals surface area contributed by atoms with Crippen LogP contribution in [-0.4, -0.2) is 5.78 Å². The fourth-order valence-corrected chi connectivity index (χ4v) is 1.97. The van der Waals surface area contributed by atoms with E-state index in [4.69, 9.17) is 23.2 Å². The summed E-state index contributed by atoms with van der Waals surface area (Å²) in [5.41, 5.74) is 0.0865. The van der Waals surface area contributed by atoms with E-state index in [-0.39, 0.29) is 21.2 Å². The van der Waals surface area contributed by atoms with Gasteiger partial charge in [0.15, 0.2) is 5.78 Å². The van der Waals surface area contributed by atoms with E-state index in [1.54, 1.807) is 18.2 Å². The summed E-state index contributed by atoms with van der Waals surface area (Å²) in [5, 5.41) is 0.353. The third-order valence-electron chi connectivity index (χ3n) is 2.31. The molecular formula is C13H7Cl2FO. The van der Waals surface area contributed by atoms with Gasteiger partial charge in [-0.2, -0.15) is 0 Å². The molecule has 17 heavy (non-hydrogen) atoms. The lowest BCUT2D eigenvalue weighted by Gasteiger charge is -2.06. The lowest BCUT2D eigenvalue weighted by atomic mass is 10.0. The highest BCUT2D eigenvalue weighted by Gasteiger charge is 2.19. The molecule has 0 aliphatic heterocycles. The maximum Gasteiger partial charge on any atom is 0.198 e. The smallest absolute Gasteiger partial charge is 0.198 e. The van der Waals surface area contributed by atoms with Crippen molar-refractivity contribution >= 4 is 29.0 Å². The van der Waals surface area contributed by atoms with Gasteiger partial charge in [0.25, 0.3) is 0 Å². The van der Waals surface area contributed by atoms with Gasteiger partial charge in [-0.1, -0.05) is 41.4 Å². The Morgan fingerprint density at radius 3 is 2.24 bits per heavy atom. The van der Waals surface area contributed by atoms with Crippen molar-refractivity contribution in [2.24, 2.45) is 0 Å². The summed E-state index contributed by atoms with van der Waals surface area (Å²) >= 11 is 11.7. The van der Waals surface area contributed by atoms with E-state index in [0.717, 1.165) is 0 Å². The van der Waals surface area contributed by atoms with Crippen molar-refractivity contribution in [2.75, 3.05) is 0 Å². The fraction of sp³-hybridized carbons (Fsp3) is 0. The number of halogens is 3. The quantitative estimate of drug-likeness (QED) is 0.740. The molecule has 0 heterocycles. The second kappa shape index (κ2) is 4.86. The molecule has 0 saturated carbocycles. The number of ketones is 1. The highest BCUT2D eigenvalue weighted by Crippen LogP contribution is 2.25. The Bertz CT molecular complexity index is 561. The average molecular weight is 269 g/mol. The summed E-state index contributed by atoms with van der Waals surface area (Å²) in [6, 6.07) is 10.6. The first kappa shape index (κ1) is 12.1. The highest BCUT2D eigenvalue weighted by molar-refractivity contribution is 6.38. The molecule has 2 aromatic rings. The Hall–Kier alpha value is -1.38. The molecule has 0 fully saturated rings. The summed E-state index contributed by atoms with van der Waals surface area (Å²) in [6.45, 7) is 0. The number of carbonyl (C=O) groups excluding carboxylic acids is 1. The highest BCUT2D eigenvalue weighted by atomic mass is 35.5. The predicted octanol–water partition coefficient (Wildman–Crippen LogP) is 4.36. The molecule has 86 valence electrons. The van der Waals surface area contributed by atoms with Crippen molar-refractivity contribution in [1.29, 1.82) is 0 Å². The van der Waals surface area contributed by atoms with E-state index in [1.807, 2.05) is 0 Å². The van der Waals surface area contributed by atoms with Crippen LogP contribution in [0.5, 0.6) is 0 Å². The summed E-state index contributed by atoms with van der Waals surface area (Å²) in [5.74, 6) is -1.17. The zero-order valence-electron chi connectivity index (χ0n) is 8.58. The standard InChI is InChI=1S/C13H7Cl2FO/c14-9-5-2-1-4-8(9)13(17)12-10(15)6-3-7-11(12)16/h1-7H. The lowest BCUT2D eigenvalue weighted by Crippen LogP contribution is -2.05. The summed E-state index contributed by atoms with van der Waals surface area (Å²) in [6.07, 6.45) is 0. The third-order valence-corrected chi connectivity index (χ3v) is 2.95. The molecule has 0 atom stereocenters. The number of hydrogen-bond donors (Lipinski definition) is 0. The van der Waals surface area contributed by atoms with Crippen molar-refractivity contribution in [3.8, 4) is 0 Å². The molecule has 0 saturated heterocycles. The van der Waals surface area contributed by atoms with Crippen LogP contribution in [0.15, 0.2) is 42.5 Å². The van der Waals surface area contributed by atoms with Crippen LogP contribution in [0.2, 0.25) is 10.0 Å². The van der Waals surface area contributed by atoms with Gasteiger partial charge >= 0.3 is 0 Å². The van der Waals surface area contributed by atoms with Gasteiger partial charge in [0.1, 0.15) is 5.82 Å². The monoisotopic (exact) mass is 268 g/mol. The molecule has 0 aliphatic rings. The van der Waals surface area contributed by atoms with Crippen LogP contribution in [-0.2, 0) is 0 Å². The Kier molecular flexibility index (Phi) is 3.46. The van der Waals surface area contributed by atoms with Crippen molar-refractivity contribution in [3.05, 3.63) is 69.5 Å². The van der Waals surface area contributed by atoms with Gasteiger partial charge in [-0.25, -0.2) is 4.39 Å². The summed E-state index contributed by atoms with van der Waals surface area (Å²) < 4.78 is 13.6. The number of hydrogen-bond acceptors (Lipinski definition) is 1. The first-order valence-electron chi connectivity index (χ1n) is 4.84. The maximum atomic E-state index is 13.6. The Labute approximate surface area is 108 Å². The summed E-state index contributed by atoms with van der Waals surface area (Å²) in [4.78, 5) is 12.1. The van der Waals surface area contributed by atoms with Crippen LogP contribution in [0.25, 0.3) is 0 Å². The predicted molar refractivity (Wildman–Crippen MR) is 66.3 cm³/mol. The van der Waals surface area contributed by atoms with Crippen LogP contribution in [0.4, 0.5) is 4.39 Å². The molecule has 0 amide bonds. The Balaban J connectivity index is 2.56. The van der Waals surface area contributed by atoms with Crippen LogP contribution in [0.3, 0.4) is 0 Å². The fourth-order valence-electron chi connectivity index (χ4n) is 1.49. The van der Waals surface area contributed by atoms with E-state index in [9.17, 15) is 9.18 Å². The third kappa shape index (κ3) is 2.33. The SMILES string of the molecule is O=C(c1ccccc1Cl)c1c(F)cccc1Cl. The molecule has 1 nitrogen and oxygen atoms in total. The van der Waals surface area contributed by atoms with Crippen LogP contribution in [0.1, 0.15) is 15.9 Å². The number of benzene rings is 2. The first-order valence-corrected chi connectivity index (χ1v) is 5.60. The van der Waals surface area contributed by atoms with Gasteiger partial charge in [0.05, 0.1) is 15.6 Å². The van der Waals surface area contributed by atoms with Crippen LogP contribution >= 0.6 is 23.2 Å². The van der Waals surface area contributed by atoms with Crippen molar-refractivity contribution in [1.82, 2.24) is 0 Å². The molecule has 0 aromatic heterocycles. The van der Waals surface area contributed by atoms with Gasteiger partial charge in [-0.3, -0.25) is 4.79 Å². The van der Waals surface area contributed by atoms with Crippen molar-refractivity contribution in [2.45, 2.75) is 0 Å². The Morgan fingerprint density at radius 1 is 0.941 bits per heavy atom. The summed E-state index contributed by atoms with van der Waals surface area (Å²) in [7, 11) is 0. The van der Waals surface area contributed by atoms with Crippen LogP contribution < -0.4 is 0 Å². The van der Waals surface area contributed by atoms with Crippen LogP contribution in [0, 0.1) is 5.82 Å². The second-order valence-corrected chi connectivity index (χ2v) is 4.22. The lowest BCUT2D eigenvalue weighted by molar-refractivity contribution is 0.103. The molecule has 2 aromatic carbocycles. The first-order chi connectivity index (χ1) is 8.11.